The Morgan fingerprint density at radius 2 is 2.08 bits per heavy atom. The molecule has 1 rings (SSSR count). The minimum absolute atomic E-state index is 0.244. The molecule has 1 aliphatic heterocycles. The predicted molar refractivity (Wildman–Crippen MR) is 50.6 cm³/mol. The highest BCUT2D eigenvalue weighted by atomic mass is 32.2. The van der Waals surface area contributed by atoms with Crippen molar-refractivity contribution in [1.29, 1.82) is 0 Å². The average Bonchev–Trinajstić information content (AvgIpc) is 2.49. The summed E-state index contributed by atoms with van der Waals surface area (Å²) < 4.78 is 0. The molecule has 1 fully saturated rings. The summed E-state index contributed by atoms with van der Waals surface area (Å²) in [4.78, 5) is 12.6. The molecule has 0 saturated carbocycles. The second-order valence-electron chi connectivity index (χ2n) is 3.00. The fourth-order valence-corrected chi connectivity index (χ4v) is 2.07. The summed E-state index contributed by atoms with van der Waals surface area (Å²) in [5.74, 6) is 0.488. The first kappa shape index (κ1) is 9.86. The Balaban J connectivity index is 1.91. The molecule has 1 aliphatic rings. The number of carbonyl (C=O) groups is 1. The van der Waals surface area contributed by atoms with Gasteiger partial charge in [-0.1, -0.05) is 0 Å². The summed E-state index contributed by atoms with van der Waals surface area (Å²) in [6, 6.07) is 0. The lowest BCUT2D eigenvalue weighted by molar-refractivity contribution is -0.133. The molecule has 12 heavy (non-hydrogen) atoms. The lowest BCUT2D eigenvalue weighted by atomic mass is 10.4. The van der Waals surface area contributed by atoms with Crippen LogP contribution in [0.15, 0.2) is 0 Å². The molecule has 1 saturated heterocycles. The zero-order valence-electron chi connectivity index (χ0n) is 7.16. The molecule has 0 spiro atoms. The van der Waals surface area contributed by atoms with Crippen LogP contribution in [0.1, 0.15) is 12.8 Å². The summed E-state index contributed by atoms with van der Waals surface area (Å²) in [6.45, 7) is 3.46. The number of thioether (sulfide) groups is 1. The summed E-state index contributed by atoms with van der Waals surface area (Å²) in [7, 11) is 0. The molecular weight excluding hydrogens is 174 g/mol. The standard InChI is InChI=1S/C8H15NO2S/c10-8(11)7-12-6-5-9-3-1-2-4-9/h1-7H2,(H,10,11). The van der Waals surface area contributed by atoms with Crippen molar-refractivity contribution in [2.75, 3.05) is 31.1 Å². The number of hydrogen-bond acceptors (Lipinski definition) is 3. The third-order valence-electron chi connectivity index (χ3n) is 1.98. The van der Waals surface area contributed by atoms with Crippen molar-refractivity contribution < 1.29 is 9.90 Å². The van der Waals surface area contributed by atoms with Gasteiger partial charge in [-0.2, -0.15) is 0 Å². The molecule has 70 valence electrons. The van der Waals surface area contributed by atoms with E-state index in [1.165, 1.54) is 37.7 Å². The minimum Gasteiger partial charge on any atom is -0.481 e. The Hall–Kier alpha value is -0.220. The SMILES string of the molecule is O=C(O)CSCCN1CCCC1. The van der Waals surface area contributed by atoms with E-state index in [1.54, 1.807) is 0 Å². The van der Waals surface area contributed by atoms with E-state index in [1.807, 2.05) is 0 Å². The molecule has 1 N–H and O–H groups in total. The fraction of sp³-hybridized carbons (Fsp3) is 0.875. The largest absolute Gasteiger partial charge is 0.481 e. The predicted octanol–water partition coefficient (Wildman–Crippen LogP) is 0.900. The molecular formula is C8H15NO2S. The van der Waals surface area contributed by atoms with Crippen LogP contribution in [0, 0.1) is 0 Å². The first-order valence-corrected chi connectivity index (χ1v) is 5.46. The fourth-order valence-electron chi connectivity index (χ4n) is 1.36. The number of likely N-dealkylation sites (tertiary alicyclic amines) is 1. The maximum Gasteiger partial charge on any atom is 0.313 e. The van der Waals surface area contributed by atoms with Gasteiger partial charge in [-0.05, 0) is 25.9 Å². The lowest BCUT2D eigenvalue weighted by Crippen LogP contribution is -2.22. The first-order valence-electron chi connectivity index (χ1n) is 4.31. The number of carboxylic acids is 1. The number of aliphatic carboxylic acids is 1. The van der Waals surface area contributed by atoms with Crippen molar-refractivity contribution in [2.24, 2.45) is 0 Å². The Labute approximate surface area is 77.1 Å². The zero-order valence-corrected chi connectivity index (χ0v) is 7.98. The van der Waals surface area contributed by atoms with Crippen LogP contribution in [0.5, 0.6) is 0 Å². The van der Waals surface area contributed by atoms with E-state index in [4.69, 9.17) is 5.11 Å². The Morgan fingerprint density at radius 3 is 2.67 bits per heavy atom. The van der Waals surface area contributed by atoms with Gasteiger partial charge in [0.25, 0.3) is 0 Å². The van der Waals surface area contributed by atoms with Crippen molar-refractivity contribution in [3.8, 4) is 0 Å². The van der Waals surface area contributed by atoms with Gasteiger partial charge in [0.2, 0.25) is 0 Å². The van der Waals surface area contributed by atoms with Crippen LogP contribution in [0.3, 0.4) is 0 Å². The molecule has 0 aromatic heterocycles. The van der Waals surface area contributed by atoms with Crippen molar-refractivity contribution in [2.45, 2.75) is 12.8 Å². The Morgan fingerprint density at radius 1 is 1.42 bits per heavy atom. The maximum atomic E-state index is 10.2. The highest BCUT2D eigenvalue weighted by molar-refractivity contribution is 7.99. The normalized spacial score (nSPS) is 18.3. The summed E-state index contributed by atoms with van der Waals surface area (Å²) in [6.07, 6.45) is 2.62. The molecule has 3 nitrogen and oxygen atoms in total. The molecule has 0 aromatic rings. The number of nitrogens with zero attached hydrogens (tertiary/aromatic N) is 1. The van der Waals surface area contributed by atoms with E-state index >= 15 is 0 Å². The van der Waals surface area contributed by atoms with Crippen LogP contribution in [0.25, 0.3) is 0 Å². The van der Waals surface area contributed by atoms with Crippen LogP contribution in [-0.4, -0.2) is 47.1 Å². The summed E-state index contributed by atoms with van der Waals surface area (Å²) in [5, 5.41) is 8.37. The highest BCUT2D eigenvalue weighted by Gasteiger charge is 2.10. The molecule has 0 atom stereocenters. The first-order chi connectivity index (χ1) is 5.79. The van der Waals surface area contributed by atoms with Crippen LogP contribution in [0.4, 0.5) is 0 Å². The van der Waals surface area contributed by atoms with Gasteiger partial charge in [0.1, 0.15) is 0 Å². The van der Waals surface area contributed by atoms with E-state index in [-0.39, 0.29) is 5.75 Å². The van der Waals surface area contributed by atoms with Crippen molar-refractivity contribution >= 4 is 17.7 Å². The second-order valence-corrected chi connectivity index (χ2v) is 4.10. The van der Waals surface area contributed by atoms with Crippen LogP contribution >= 0.6 is 11.8 Å². The molecule has 0 aromatic carbocycles. The van der Waals surface area contributed by atoms with E-state index in [0.29, 0.717) is 0 Å². The molecule has 0 bridgehead atoms. The summed E-state index contributed by atoms with van der Waals surface area (Å²) >= 11 is 1.51. The second kappa shape index (κ2) is 5.43. The van der Waals surface area contributed by atoms with E-state index in [9.17, 15) is 4.79 Å². The number of rotatable bonds is 5. The quantitative estimate of drug-likeness (QED) is 0.652. The monoisotopic (exact) mass is 189 g/mol. The average molecular weight is 189 g/mol. The highest BCUT2D eigenvalue weighted by Crippen LogP contribution is 2.08. The number of carboxylic acid groups (broad SMARTS) is 1. The molecule has 0 unspecified atom stereocenters. The van der Waals surface area contributed by atoms with Crippen LogP contribution < -0.4 is 0 Å². The molecule has 0 radical (unpaired) electrons. The van der Waals surface area contributed by atoms with Gasteiger partial charge in [0.05, 0.1) is 5.75 Å². The van der Waals surface area contributed by atoms with Crippen molar-refractivity contribution in [1.82, 2.24) is 4.90 Å². The minimum atomic E-state index is -0.707. The zero-order chi connectivity index (χ0) is 8.81. The van der Waals surface area contributed by atoms with Gasteiger partial charge in [0, 0.05) is 12.3 Å². The van der Waals surface area contributed by atoms with Crippen LogP contribution in [-0.2, 0) is 4.79 Å². The van der Waals surface area contributed by atoms with E-state index < -0.39 is 5.97 Å². The van der Waals surface area contributed by atoms with Gasteiger partial charge in [-0.3, -0.25) is 4.79 Å². The smallest absolute Gasteiger partial charge is 0.313 e. The van der Waals surface area contributed by atoms with Crippen molar-refractivity contribution in [3.05, 3.63) is 0 Å². The third kappa shape index (κ3) is 3.97. The molecule has 0 aliphatic carbocycles. The number of hydrogen-bond donors (Lipinski definition) is 1. The van der Waals surface area contributed by atoms with E-state index in [0.717, 1.165) is 12.3 Å². The topological polar surface area (TPSA) is 40.5 Å². The van der Waals surface area contributed by atoms with Gasteiger partial charge in [-0.15, -0.1) is 11.8 Å². The Bertz CT molecular complexity index is 146. The lowest BCUT2D eigenvalue weighted by Gasteiger charge is -2.12. The molecule has 1 heterocycles. The van der Waals surface area contributed by atoms with E-state index in [2.05, 4.69) is 4.90 Å². The molecule has 4 heteroatoms. The third-order valence-corrected chi connectivity index (χ3v) is 2.90. The van der Waals surface area contributed by atoms with Gasteiger partial charge < -0.3 is 10.0 Å². The van der Waals surface area contributed by atoms with Gasteiger partial charge in [-0.25, -0.2) is 0 Å². The molecule has 0 amide bonds. The Kier molecular flexibility index (Phi) is 4.46. The van der Waals surface area contributed by atoms with Crippen molar-refractivity contribution in [3.63, 3.8) is 0 Å². The summed E-state index contributed by atoms with van der Waals surface area (Å²) in [5.41, 5.74) is 0. The van der Waals surface area contributed by atoms with Gasteiger partial charge in [0.15, 0.2) is 0 Å². The van der Waals surface area contributed by atoms with Gasteiger partial charge >= 0.3 is 5.97 Å². The maximum absolute atomic E-state index is 10.2. The van der Waals surface area contributed by atoms with Crippen LogP contribution in [0.2, 0.25) is 0 Å².